The minimum absolute atomic E-state index is 0.00446. The molecule has 180 valence electrons. The normalized spacial score (nSPS) is 14.5. The summed E-state index contributed by atoms with van der Waals surface area (Å²) in [4.78, 5) is 12.2. The van der Waals surface area contributed by atoms with E-state index in [9.17, 15) is 4.39 Å². The van der Waals surface area contributed by atoms with Gasteiger partial charge in [-0.3, -0.25) is 4.57 Å². The molecule has 2 aromatic heterocycles. The molecule has 7 nitrogen and oxygen atoms in total. The molecule has 12 heteroatoms. The van der Waals surface area contributed by atoms with Gasteiger partial charge < -0.3 is 9.80 Å². The van der Waals surface area contributed by atoms with Crippen LogP contribution in [0.3, 0.4) is 0 Å². The number of rotatable bonds is 5. The van der Waals surface area contributed by atoms with Crippen molar-refractivity contribution < 1.29 is 9.29 Å². The fourth-order valence-electron chi connectivity index (χ4n) is 4.06. The largest absolute Gasteiger partial charge is 0.330 e. The third-order valence-corrected chi connectivity index (χ3v) is 7.08. The summed E-state index contributed by atoms with van der Waals surface area (Å²) in [5.41, 5.74) is 1.25. The summed E-state index contributed by atoms with van der Waals surface area (Å²) in [5.74, 6) is 0.750. The van der Waals surface area contributed by atoms with Gasteiger partial charge in [0.15, 0.2) is 12.5 Å². The van der Waals surface area contributed by atoms with Gasteiger partial charge in [0, 0.05) is 23.0 Å². The van der Waals surface area contributed by atoms with Gasteiger partial charge in [0.2, 0.25) is 10.7 Å². The quantitative estimate of drug-likeness (QED) is 0.375. The lowest BCUT2D eigenvalue weighted by molar-refractivity contribution is -0.924. The van der Waals surface area contributed by atoms with Crippen molar-refractivity contribution in [1.82, 2.24) is 24.3 Å². The Hall–Kier alpha value is -2.56. The molecule has 0 aliphatic carbocycles. The molecule has 0 atom stereocenters. The molecule has 35 heavy (non-hydrogen) atoms. The standard InChI is InChI=1S/C23H19Cl3FN7S/c24-15-2-4-17(18(25)12-15)21-30-33(23(35)34(21)16-3-5-20(27)19(26)13-16)14-31-8-10-32(11-9-31)22-28-6-1-7-29-22/h1-7,12-13H,8-11,14H2/p+1. The van der Waals surface area contributed by atoms with Gasteiger partial charge in [0.1, 0.15) is 5.82 Å². The first-order valence-corrected chi connectivity index (χ1v) is 12.4. The zero-order valence-corrected chi connectivity index (χ0v) is 21.4. The van der Waals surface area contributed by atoms with E-state index in [-0.39, 0.29) is 5.02 Å². The van der Waals surface area contributed by atoms with Gasteiger partial charge >= 0.3 is 0 Å². The molecule has 0 saturated carbocycles. The number of nitrogens with one attached hydrogen (secondary N) is 1. The Morgan fingerprint density at radius 1 is 0.971 bits per heavy atom. The number of hydrogen-bond donors (Lipinski definition) is 1. The summed E-state index contributed by atoms with van der Waals surface area (Å²) >= 11 is 24.5. The van der Waals surface area contributed by atoms with E-state index in [1.165, 1.54) is 17.0 Å². The highest BCUT2D eigenvalue weighted by Gasteiger charge is 2.24. The molecule has 5 rings (SSSR count). The molecule has 1 aliphatic rings. The van der Waals surface area contributed by atoms with Crippen molar-refractivity contribution in [3.63, 3.8) is 0 Å². The van der Waals surface area contributed by atoms with Crippen molar-refractivity contribution >= 4 is 53.0 Å². The minimum Gasteiger partial charge on any atom is -0.330 e. The van der Waals surface area contributed by atoms with E-state index in [0.29, 0.717) is 38.6 Å². The van der Waals surface area contributed by atoms with Gasteiger partial charge in [-0.2, -0.15) is 4.68 Å². The van der Waals surface area contributed by atoms with E-state index in [0.717, 1.165) is 32.1 Å². The molecule has 0 unspecified atom stereocenters. The van der Waals surface area contributed by atoms with Crippen molar-refractivity contribution in [3.05, 3.63) is 80.5 Å². The minimum atomic E-state index is -0.509. The highest BCUT2D eigenvalue weighted by atomic mass is 35.5. The predicted molar refractivity (Wildman–Crippen MR) is 138 cm³/mol. The second-order valence-electron chi connectivity index (χ2n) is 8.11. The van der Waals surface area contributed by atoms with Crippen molar-refractivity contribution in [2.75, 3.05) is 31.1 Å². The zero-order valence-electron chi connectivity index (χ0n) is 18.3. The first-order chi connectivity index (χ1) is 16.9. The van der Waals surface area contributed by atoms with Crippen LogP contribution in [0.1, 0.15) is 0 Å². The van der Waals surface area contributed by atoms with Gasteiger partial charge in [-0.25, -0.2) is 14.4 Å². The van der Waals surface area contributed by atoms with Crippen molar-refractivity contribution in [3.8, 4) is 17.1 Å². The molecular formula is C23H20Cl3FN7S+. The maximum Gasteiger partial charge on any atom is 0.225 e. The number of nitrogens with zero attached hydrogens (tertiary/aromatic N) is 6. The van der Waals surface area contributed by atoms with Crippen LogP contribution in [0.15, 0.2) is 54.9 Å². The Kier molecular flexibility index (Phi) is 7.04. The Morgan fingerprint density at radius 3 is 2.40 bits per heavy atom. The highest BCUT2D eigenvalue weighted by molar-refractivity contribution is 7.71. The number of benzene rings is 2. The fourth-order valence-corrected chi connectivity index (χ4v) is 5.03. The van der Waals surface area contributed by atoms with Crippen LogP contribution in [0, 0.1) is 10.6 Å². The van der Waals surface area contributed by atoms with Crippen molar-refractivity contribution in [1.29, 1.82) is 0 Å². The molecule has 1 aliphatic heterocycles. The van der Waals surface area contributed by atoms with E-state index in [1.54, 1.807) is 45.9 Å². The summed E-state index contributed by atoms with van der Waals surface area (Å²) in [7, 11) is 0. The Balaban J connectivity index is 1.47. The number of quaternary nitrogens is 1. The van der Waals surface area contributed by atoms with E-state index >= 15 is 0 Å². The van der Waals surface area contributed by atoms with Gasteiger partial charge in [-0.1, -0.05) is 34.8 Å². The number of aromatic nitrogens is 5. The molecule has 0 radical (unpaired) electrons. The maximum absolute atomic E-state index is 13.9. The van der Waals surface area contributed by atoms with Gasteiger partial charge in [0.25, 0.3) is 0 Å². The van der Waals surface area contributed by atoms with E-state index in [4.69, 9.17) is 52.1 Å². The highest BCUT2D eigenvalue weighted by Crippen LogP contribution is 2.32. The van der Waals surface area contributed by atoms with Crippen LogP contribution in [-0.4, -0.2) is 50.5 Å². The Morgan fingerprint density at radius 2 is 1.71 bits per heavy atom. The Bertz CT molecular complexity index is 1420. The Labute approximate surface area is 221 Å². The lowest BCUT2D eigenvalue weighted by Gasteiger charge is -2.31. The van der Waals surface area contributed by atoms with E-state index in [1.807, 2.05) is 6.07 Å². The second-order valence-corrected chi connectivity index (χ2v) is 9.72. The average molecular weight is 552 g/mol. The summed E-state index contributed by atoms with van der Waals surface area (Å²) < 4.78 is 17.9. The van der Waals surface area contributed by atoms with Crippen LogP contribution < -0.4 is 9.80 Å². The third kappa shape index (κ3) is 5.05. The lowest BCUT2D eigenvalue weighted by atomic mass is 10.2. The molecular weight excluding hydrogens is 532 g/mol. The molecule has 2 aromatic carbocycles. The molecule has 0 bridgehead atoms. The van der Waals surface area contributed by atoms with Gasteiger partial charge in [-0.05, 0) is 54.7 Å². The zero-order chi connectivity index (χ0) is 24.5. The number of halogens is 4. The van der Waals surface area contributed by atoms with Crippen LogP contribution in [0.25, 0.3) is 17.1 Å². The molecule has 1 fully saturated rings. The van der Waals surface area contributed by atoms with Crippen LogP contribution in [0.2, 0.25) is 15.1 Å². The van der Waals surface area contributed by atoms with Crippen LogP contribution in [-0.2, 0) is 6.67 Å². The number of hydrogen-bond acceptors (Lipinski definition) is 5. The van der Waals surface area contributed by atoms with Crippen LogP contribution in [0.5, 0.6) is 0 Å². The molecule has 3 heterocycles. The van der Waals surface area contributed by atoms with Crippen molar-refractivity contribution in [2.45, 2.75) is 6.67 Å². The first-order valence-electron chi connectivity index (χ1n) is 10.9. The molecule has 0 amide bonds. The van der Waals surface area contributed by atoms with Crippen molar-refractivity contribution in [2.24, 2.45) is 0 Å². The molecule has 1 N–H and O–H groups in total. The summed E-state index contributed by atoms with van der Waals surface area (Å²) in [6.07, 6.45) is 3.50. The molecule has 4 aromatic rings. The monoisotopic (exact) mass is 550 g/mol. The molecule has 0 spiro atoms. The van der Waals surface area contributed by atoms with Crippen LogP contribution in [0.4, 0.5) is 10.3 Å². The summed E-state index contributed by atoms with van der Waals surface area (Å²) in [5, 5.41) is 5.76. The van der Waals surface area contributed by atoms with Gasteiger partial charge in [0.05, 0.1) is 41.9 Å². The SMILES string of the molecule is Fc1ccc(-n2c(-c3ccc(Cl)cc3Cl)nn(C[NH+]3CCN(c4ncccn4)CC3)c2=S)cc1Cl. The fraction of sp³-hybridized carbons (Fsp3) is 0.217. The number of anilines is 1. The summed E-state index contributed by atoms with van der Waals surface area (Å²) in [6, 6.07) is 11.4. The lowest BCUT2D eigenvalue weighted by Crippen LogP contribution is -3.14. The smallest absolute Gasteiger partial charge is 0.225 e. The second kappa shape index (κ2) is 10.2. The van der Waals surface area contributed by atoms with Gasteiger partial charge in [-0.15, -0.1) is 5.10 Å². The maximum atomic E-state index is 13.9. The number of piperazine rings is 1. The first kappa shape index (κ1) is 24.1. The third-order valence-electron chi connectivity index (χ3n) is 5.85. The summed E-state index contributed by atoms with van der Waals surface area (Å²) in [6.45, 7) is 3.93. The molecule has 1 saturated heterocycles. The van der Waals surface area contributed by atoms with E-state index in [2.05, 4.69) is 14.9 Å². The van der Waals surface area contributed by atoms with E-state index < -0.39 is 5.82 Å². The average Bonchev–Trinajstić information content (AvgIpc) is 3.17. The predicted octanol–water partition coefficient (Wildman–Crippen LogP) is 4.32. The topological polar surface area (TPSA) is 56.2 Å². The van der Waals surface area contributed by atoms with Crippen LogP contribution >= 0.6 is 47.0 Å².